The third kappa shape index (κ3) is 3.98. The van der Waals surface area contributed by atoms with Gasteiger partial charge in [0.2, 0.25) is 0 Å². The zero-order valence-electron chi connectivity index (χ0n) is 17.2. The van der Waals surface area contributed by atoms with Crippen LogP contribution in [0.4, 0.5) is 5.69 Å². The lowest BCUT2D eigenvalue weighted by Crippen LogP contribution is -2.38. The number of benzene rings is 2. The van der Waals surface area contributed by atoms with Gasteiger partial charge < -0.3 is 9.64 Å². The third-order valence-corrected chi connectivity index (χ3v) is 8.87. The Morgan fingerprint density at radius 1 is 1.17 bits per heavy atom. The number of ether oxygens (including phenoxy) is 1. The number of fused-ring (bicyclic) bond motifs is 1. The first-order valence-electron chi connectivity index (χ1n) is 9.75. The summed E-state index contributed by atoms with van der Waals surface area (Å²) in [6.07, 6.45) is 0.127. The van der Waals surface area contributed by atoms with Crippen molar-refractivity contribution in [2.24, 2.45) is 4.99 Å². The van der Waals surface area contributed by atoms with Crippen molar-refractivity contribution in [2.75, 3.05) is 23.5 Å². The zero-order chi connectivity index (χ0) is 21.5. The van der Waals surface area contributed by atoms with Crippen LogP contribution in [-0.2, 0) is 21.1 Å². The lowest BCUT2D eigenvalue weighted by Gasteiger charge is -2.26. The topological polar surface area (TPSA) is 76.0 Å². The minimum atomic E-state index is -3.10. The van der Waals surface area contributed by atoms with Crippen LogP contribution in [0, 0.1) is 13.8 Å². The van der Waals surface area contributed by atoms with E-state index in [4.69, 9.17) is 4.74 Å². The van der Waals surface area contributed by atoms with E-state index in [0.29, 0.717) is 10.9 Å². The number of hydrogen-bond acceptors (Lipinski definition) is 5. The molecule has 2 aliphatic heterocycles. The van der Waals surface area contributed by atoms with Gasteiger partial charge in [0.05, 0.1) is 31.1 Å². The highest BCUT2D eigenvalue weighted by atomic mass is 32.2. The van der Waals surface area contributed by atoms with Crippen molar-refractivity contribution in [3.63, 3.8) is 0 Å². The minimum Gasteiger partial charge on any atom is -0.496 e. The van der Waals surface area contributed by atoms with Gasteiger partial charge in [0.15, 0.2) is 15.0 Å². The highest BCUT2D eigenvalue weighted by molar-refractivity contribution is 8.16. The molecule has 2 unspecified atom stereocenters. The standard InChI is InChI=1S/C22H24N2O4S2/c1-14-7-6-9-17(15(14)2)24-18-12-30(26,27)13-20(18)29-22(24)23-21(25)11-16-8-4-5-10-19(16)28-3/h4-10,18,20H,11-13H2,1-3H3. The van der Waals surface area contributed by atoms with Crippen molar-refractivity contribution < 1.29 is 17.9 Å². The number of thioether (sulfide) groups is 1. The smallest absolute Gasteiger partial charge is 0.252 e. The van der Waals surface area contributed by atoms with E-state index >= 15 is 0 Å². The monoisotopic (exact) mass is 444 g/mol. The van der Waals surface area contributed by atoms with Crippen LogP contribution in [0.1, 0.15) is 16.7 Å². The lowest BCUT2D eigenvalue weighted by molar-refractivity contribution is -0.117. The molecular formula is C22H24N2O4S2. The average molecular weight is 445 g/mol. The van der Waals surface area contributed by atoms with Gasteiger partial charge in [0.25, 0.3) is 5.91 Å². The summed E-state index contributed by atoms with van der Waals surface area (Å²) < 4.78 is 29.8. The second kappa shape index (κ2) is 8.07. The number of para-hydroxylation sites is 1. The molecule has 2 aliphatic rings. The van der Waals surface area contributed by atoms with E-state index in [0.717, 1.165) is 22.4 Å². The predicted octanol–water partition coefficient (Wildman–Crippen LogP) is 3.16. The maximum Gasteiger partial charge on any atom is 0.252 e. The summed E-state index contributed by atoms with van der Waals surface area (Å²) >= 11 is 1.39. The summed E-state index contributed by atoms with van der Waals surface area (Å²) in [6.45, 7) is 4.04. The molecule has 2 saturated heterocycles. The molecule has 6 nitrogen and oxygen atoms in total. The van der Waals surface area contributed by atoms with Gasteiger partial charge in [-0.1, -0.05) is 42.1 Å². The molecule has 1 amide bonds. The van der Waals surface area contributed by atoms with Gasteiger partial charge in [-0.15, -0.1) is 0 Å². The Hall–Kier alpha value is -2.32. The Morgan fingerprint density at radius 3 is 2.70 bits per heavy atom. The first-order valence-corrected chi connectivity index (χ1v) is 12.4. The summed E-state index contributed by atoms with van der Waals surface area (Å²) in [5, 5.41) is 0.459. The number of hydrogen-bond donors (Lipinski definition) is 0. The summed E-state index contributed by atoms with van der Waals surface area (Å²) in [6, 6.07) is 13.1. The number of carbonyl (C=O) groups is 1. The molecular weight excluding hydrogens is 420 g/mol. The first kappa shape index (κ1) is 20.9. The van der Waals surface area contributed by atoms with Crippen LogP contribution in [0.25, 0.3) is 0 Å². The number of methoxy groups -OCH3 is 1. The van der Waals surface area contributed by atoms with Crippen molar-refractivity contribution >= 4 is 38.4 Å². The third-order valence-electron chi connectivity index (χ3n) is 5.66. The first-order chi connectivity index (χ1) is 14.3. The van der Waals surface area contributed by atoms with Crippen LogP contribution in [-0.4, -0.2) is 49.4 Å². The summed E-state index contributed by atoms with van der Waals surface area (Å²) in [5.41, 5.74) is 3.86. The van der Waals surface area contributed by atoms with Crippen LogP contribution in [0.5, 0.6) is 5.75 Å². The summed E-state index contributed by atoms with van der Waals surface area (Å²) in [5.74, 6) is 0.570. The molecule has 0 N–H and O–H groups in total. The van der Waals surface area contributed by atoms with Crippen molar-refractivity contribution in [1.82, 2.24) is 0 Å². The molecule has 0 aliphatic carbocycles. The van der Waals surface area contributed by atoms with Crippen molar-refractivity contribution in [1.29, 1.82) is 0 Å². The molecule has 2 heterocycles. The quantitative estimate of drug-likeness (QED) is 0.721. The number of anilines is 1. The molecule has 8 heteroatoms. The molecule has 0 radical (unpaired) electrons. The number of carbonyl (C=O) groups excluding carboxylic acids is 1. The molecule has 2 atom stereocenters. The van der Waals surface area contributed by atoms with E-state index in [9.17, 15) is 13.2 Å². The molecule has 0 spiro atoms. The fourth-order valence-electron chi connectivity index (χ4n) is 4.00. The number of sulfone groups is 1. The maximum absolute atomic E-state index is 12.8. The molecule has 158 valence electrons. The Labute approximate surface area is 181 Å². The molecule has 0 aromatic heterocycles. The highest BCUT2D eigenvalue weighted by Gasteiger charge is 2.49. The van der Waals surface area contributed by atoms with E-state index in [1.807, 2.05) is 61.2 Å². The predicted molar refractivity (Wildman–Crippen MR) is 121 cm³/mol. The number of amides is 1. The fraction of sp³-hybridized carbons (Fsp3) is 0.364. The Balaban J connectivity index is 1.69. The summed E-state index contributed by atoms with van der Waals surface area (Å²) in [7, 11) is -1.52. The number of nitrogens with zero attached hydrogens (tertiary/aromatic N) is 2. The second-order valence-electron chi connectivity index (χ2n) is 7.67. The minimum absolute atomic E-state index is 0.0811. The van der Waals surface area contributed by atoms with Crippen LogP contribution in [0.15, 0.2) is 47.5 Å². The molecule has 2 aromatic rings. The largest absolute Gasteiger partial charge is 0.496 e. The van der Waals surface area contributed by atoms with Crippen LogP contribution < -0.4 is 9.64 Å². The Bertz CT molecular complexity index is 1130. The van der Waals surface area contributed by atoms with E-state index in [1.165, 1.54) is 11.8 Å². The second-order valence-corrected chi connectivity index (χ2v) is 11.0. The lowest BCUT2D eigenvalue weighted by atomic mass is 10.1. The van der Waals surface area contributed by atoms with Gasteiger partial charge in [0, 0.05) is 16.5 Å². The Morgan fingerprint density at radius 2 is 1.93 bits per heavy atom. The van der Waals surface area contributed by atoms with Gasteiger partial charge in [-0.2, -0.15) is 4.99 Å². The fourth-order valence-corrected chi connectivity index (χ4v) is 7.93. The van der Waals surface area contributed by atoms with E-state index in [-0.39, 0.29) is 35.1 Å². The number of amidine groups is 1. The van der Waals surface area contributed by atoms with Crippen molar-refractivity contribution in [2.45, 2.75) is 31.6 Å². The molecule has 2 fully saturated rings. The zero-order valence-corrected chi connectivity index (χ0v) is 18.8. The highest BCUT2D eigenvalue weighted by Crippen LogP contribution is 2.42. The van der Waals surface area contributed by atoms with E-state index < -0.39 is 9.84 Å². The van der Waals surface area contributed by atoms with Crippen LogP contribution in [0.2, 0.25) is 0 Å². The van der Waals surface area contributed by atoms with Gasteiger partial charge in [-0.3, -0.25) is 4.79 Å². The number of aryl methyl sites for hydroxylation is 1. The molecule has 0 bridgehead atoms. The average Bonchev–Trinajstić information content (AvgIpc) is 3.15. The maximum atomic E-state index is 12.8. The molecule has 0 saturated carbocycles. The Kier molecular flexibility index (Phi) is 5.63. The van der Waals surface area contributed by atoms with Gasteiger partial charge in [0.1, 0.15) is 5.75 Å². The number of rotatable bonds is 4. The number of aliphatic imine (C=N–C) groups is 1. The van der Waals surface area contributed by atoms with E-state index in [1.54, 1.807) is 7.11 Å². The van der Waals surface area contributed by atoms with E-state index in [2.05, 4.69) is 4.99 Å². The normalized spacial score (nSPS) is 23.6. The molecule has 30 heavy (non-hydrogen) atoms. The van der Waals surface area contributed by atoms with Crippen molar-refractivity contribution in [3.05, 3.63) is 59.2 Å². The van der Waals surface area contributed by atoms with Gasteiger partial charge in [-0.25, -0.2) is 8.42 Å². The SMILES string of the molecule is COc1ccccc1CC(=O)N=C1SC2CS(=O)(=O)CC2N1c1cccc(C)c1C. The van der Waals surface area contributed by atoms with Crippen molar-refractivity contribution in [3.8, 4) is 5.75 Å². The van der Waals surface area contributed by atoms with Crippen LogP contribution in [0.3, 0.4) is 0 Å². The van der Waals surface area contributed by atoms with Gasteiger partial charge >= 0.3 is 0 Å². The molecule has 4 rings (SSSR count). The summed E-state index contributed by atoms with van der Waals surface area (Å²) in [4.78, 5) is 19.2. The van der Waals surface area contributed by atoms with Gasteiger partial charge in [-0.05, 0) is 37.1 Å². The molecule has 2 aromatic carbocycles. The van der Waals surface area contributed by atoms with Crippen LogP contribution >= 0.6 is 11.8 Å².